The van der Waals surface area contributed by atoms with Gasteiger partial charge in [-0.2, -0.15) is 0 Å². The molecular weight excluding hydrogens is 360 g/mol. The number of nitro benzene ring substituents is 1. The molecule has 1 N–H and O–H groups in total. The first kappa shape index (κ1) is 18.5. The van der Waals surface area contributed by atoms with Crippen molar-refractivity contribution in [2.75, 3.05) is 0 Å². The predicted octanol–water partition coefficient (Wildman–Crippen LogP) is 4.32. The Kier molecular flexibility index (Phi) is 5.07. The number of rotatable bonds is 7. The lowest BCUT2D eigenvalue weighted by Gasteiger charge is -2.28. The van der Waals surface area contributed by atoms with Gasteiger partial charge in [-0.05, 0) is 62.1 Å². The zero-order valence-corrected chi connectivity index (χ0v) is 15.8. The van der Waals surface area contributed by atoms with E-state index in [-0.39, 0.29) is 30.0 Å². The first-order chi connectivity index (χ1) is 13.5. The Morgan fingerprint density at radius 3 is 2.89 bits per heavy atom. The highest BCUT2D eigenvalue weighted by atomic mass is 16.6. The fraction of sp³-hybridized carbons (Fsp3) is 0.476. The highest BCUT2D eigenvalue weighted by molar-refractivity contribution is 5.91. The maximum atomic E-state index is 12.5. The molecule has 0 unspecified atom stereocenters. The zero-order valence-electron chi connectivity index (χ0n) is 15.8. The van der Waals surface area contributed by atoms with Gasteiger partial charge in [-0.15, -0.1) is 0 Å². The van der Waals surface area contributed by atoms with Crippen molar-refractivity contribution in [1.29, 1.82) is 0 Å². The van der Waals surface area contributed by atoms with Crippen LogP contribution < -0.4 is 10.1 Å². The fourth-order valence-electron chi connectivity index (χ4n) is 4.71. The van der Waals surface area contributed by atoms with E-state index in [0.29, 0.717) is 17.4 Å². The zero-order chi connectivity index (χ0) is 19.7. The van der Waals surface area contributed by atoms with Crippen molar-refractivity contribution in [3.8, 4) is 5.75 Å². The van der Waals surface area contributed by atoms with Crippen molar-refractivity contribution in [2.24, 2.45) is 17.8 Å². The SMILES string of the molecule is C[C@H](NC(=O)c1ccc(COc2cccc([N+](=O)[O-])c2)o1)[C@@H]1C[C@@H]2CC[C@@H]1C2. The molecule has 1 aromatic heterocycles. The van der Waals surface area contributed by atoms with Gasteiger partial charge in [-0.1, -0.05) is 12.5 Å². The summed E-state index contributed by atoms with van der Waals surface area (Å²) < 4.78 is 11.1. The van der Waals surface area contributed by atoms with Gasteiger partial charge in [-0.3, -0.25) is 14.9 Å². The normalized spacial score (nSPS) is 24.1. The summed E-state index contributed by atoms with van der Waals surface area (Å²) in [5, 5.41) is 13.9. The molecule has 0 saturated heterocycles. The number of nitrogens with zero attached hydrogens (tertiary/aromatic N) is 1. The predicted molar refractivity (Wildman–Crippen MR) is 102 cm³/mol. The van der Waals surface area contributed by atoms with Gasteiger partial charge in [-0.25, -0.2) is 0 Å². The molecule has 2 fully saturated rings. The summed E-state index contributed by atoms with van der Waals surface area (Å²) in [5.41, 5.74) is -0.0355. The second kappa shape index (κ2) is 7.66. The molecule has 28 heavy (non-hydrogen) atoms. The molecule has 4 rings (SSSR count). The Labute approximate surface area is 163 Å². The van der Waals surface area contributed by atoms with Gasteiger partial charge in [0.05, 0.1) is 11.0 Å². The molecule has 2 aromatic rings. The third-order valence-corrected chi connectivity index (χ3v) is 6.09. The maximum absolute atomic E-state index is 12.5. The number of fused-ring (bicyclic) bond motifs is 2. The average Bonchev–Trinajstić information content (AvgIpc) is 3.43. The van der Waals surface area contributed by atoms with Crippen molar-refractivity contribution in [2.45, 2.75) is 45.3 Å². The van der Waals surface area contributed by atoms with Gasteiger partial charge in [0.1, 0.15) is 18.1 Å². The lowest BCUT2D eigenvalue weighted by Crippen LogP contribution is -2.40. The van der Waals surface area contributed by atoms with E-state index in [9.17, 15) is 14.9 Å². The van der Waals surface area contributed by atoms with Gasteiger partial charge in [0, 0.05) is 12.1 Å². The van der Waals surface area contributed by atoms with Gasteiger partial charge < -0.3 is 14.5 Å². The molecule has 7 nitrogen and oxygen atoms in total. The van der Waals surface area contributed by atoms with Crippen LogP contribution in [0.3, 0.4) is 0 Å². The smallest absolute Gasteiger partial charge is 0.287 e. The molecule has 0 aliphatic heterocycles. The Morgan fingerprint density at radius 1 is 1.32 bits per heavy atom. The molecular formula is C21H24N2O5. The maximum Gasteiger partial charge on any atom is 0.287 e. The van der Waals surface area contributed by atoms with Crippen LogP contribution in [-0.4, -0.2) is 16.9 Å². The molecule has 148 valence electrons. The molecule has 2 bridgehead atoms. The molecule has 4 atom stereocenters. The summed E-state index contributed by atoms with van der Waals surface area (Å²) >= 11 is 0. The Morgan fingerprint density at radius 2 is 2.18 bits per heavy atom. The van der Waals surface area contributed by atoms with E-state index < -0.39 is 4.92 Å². The minimum atomic E-state index is -0.473. The first-order valence-electron chi connectivity index (χ1n) is 9.76. The number of carbonyl (C=O) groups excluding carboxylic acids is 1. The van der Waals surface area contributed by atoms with E-state index in [4.69, 9.17) is 9.15 Å². The highest BCUT2D eigenvalue weighted by Crippen LogP contribution is 2.49. The third kappa shape index (κ3) is 3.88. The molecule has 1 aromatic carbocycles. The van der Waals surface area contributed by atoms with Crippen molar-refractivity contribution >= 4 is 11.6 Å². The second-order valence-electron chi connectivity index (χ2n) is 7.91. The van der Waals surface area contributed by atoms with E-state index in [2.05, 4.69) is 12.2 Å². The molecule has 1 amide bonds. The van der Waals surface area contributed by atoms with Gasteiger partial charge in [0.15, 0.2) is 5.76 Å². The molecule has 2 aliphatic carbocycles. The number of benzene rings is 1. The number of non-ortho nitro benzene ring substituents is 1. The monoisotopic (exact) mass is 384 g/mol. The summed E-state index contributed by atoms with van der Waals surface area (Å²) in [6, 6.07) is 9.42. The van der Waals surface area contributed by atoms with Crippen molar-refractivity contribution in [3.05, 3.63) is 58.0 Å². The van der Waals surface area contributed by atoms with Crippen LogP contribution >= 0.6 is 0 Å². The van der Waals surface area contributed by atoms with Crippen LogP contribution in [-0.2, 0) is 6.61 Å². The van der Waals surface area contributed by atoms with E-state index in [1.807, 2.05) is 0 Å². The Bertz CT molecular complexity index is 877. The van der Waals surface area contributed by atoms with Crippen LogP contribution in [0.5, 0.6) is 5.75 Å². The van der Waals surface area contributed by atoms with Crippen LogP contribution in [0.25, 0.3) is 0 Å². The number of hydrogen-bond acceptors (Lipinski definition) is 5. The second-order valence-corrected chi connectivity index (χ2v) is 7.91. The molecule has 7 heteroatoms. The highest BCUT2D eigenvalue weighted by Gasteiger charge is 2.42. The van der Waals surface area contributed by atoms with E-state index in [0.717, 1.165) is 11.8 Å². The minimum absolute atomic E-state index is 0.0355. The van der Waals surface area contributed by atoms with Crippen molar-refractivity contribution in [3.63, 3.8) is 0 Å². The molecule has 2 aliphatic rings. The van der Waals surface area contributed by atoms with Crippen molar-refractivity contribution < 1.29 is 18.9 Å². The van der Waals surface area contributed by atoms with Crippen LogP contribution in [0.1, 0.15) is 48.9 Å². The lowest BCUT2D eigenvalue weighted by atomic mass is 9.84. The number of nitro groups is 1. The van der Waals surface area contributed by atoms with Crippen LogP contribution in [0, 0.1) is 27.9 Å². The summed E-state index contributed by atoms with van der Waals surface area (Å²) in [5.74, 6) is 3.07. The van der Waals surface area contributed by atoms with Crippen LogP contribution in [0.4, 0.5) is 5.69 Å². The fourth-order valence-corrected chi connectivity index (χ4v) is 4.71. The number of ether oxygens (including phenoxy) is 1. The largest absolute Gasteiger partial charge is 0.485 e. The summed E-state index contributed by atoms with van der Waals surface area (Å²) in [6.07, 6.45) is 5.15. The lowest BCUT2D eigenvalue weighted by molar-refractivity contribution is -0.384. The molecule has 1 heterocycles. The first-order valence-corrected chi connectivity index (χ1v) is 9.76. The topological polar surface area (TPSA) is 94.6 Å². The number of amides is 1. The molecule has 0 spiro atoms. The molecule has 0 radical (unpaired) electrons. The summed E-state index contributed by atoms with van der Waals surface area (Å²) in [4.78, 5) is 22.8. The third-order valence-electron chi connectivity index (χ3n) is 6.09. The number of nitrogens with one attached hydrogen (secondary N) is 1. The van der Waals surface area contributed by atoms with Gasteiger partial charge in [0.25, 0.3) is 11.6 Å². The summed E-state index contributed by atoms with van der Waals surface area (Å²) in [6.45, 7) is 2.18. The van der Waals surface area contributed by atoms with E-state index in [1.54, 1.807) is 24.3 Å². The Hall–Kier alpha value is -2.83. The summed E-state index contributed by atoms with van der Waals surface area (Å²) in [7, 11) is 0. The number of carbonyl (C=O) groups is 1. The Balaban J connectivity index is 1.31. The minimum Gasteiger partial charge on any atom is -0.485 e. The number of furan rings is 1. The average molecular weight is 384 g/mol. The van der Waals surface area contributed by atoms with Crippen LogP contribution in [0.2, 0.25) is 0 Å². The van der Waals surface area contributed by atoms with Crippen LogP contribution in [0.15, 0.2) is 40.8 Å². The molecule has 2 saturated carbocycles. The standard InChI is InChI=1S/C21H24N2O5/c1-13(19-10-14-5-6-15(19)9-14)22-21(24)20-8-7-18(28-20)12-27-17-4-2-3-16(11-17)23(25)26/h2-4,7-8,11,13-15,19H,5-6,9-10,12H2,1H3,(H,22,24)/t13-,14+,15+,19-/m0/s1. The van der Waals surface area contributed by atoms with Gasteiger partial charge in [0.2, 0.25) is 0 Å². The quantitative estimate of drug-likeness (QED) is 0.567. The van der Waals surface area contributed by atoms with Gasteiger partial charge >= 0.3 is 0 Å². The van der Waals surface area contributed by atoms with E-state index in [1.165, 1.54) is 37.8 Å². The van der Waals surface area contributed by atoms with E-state index >= 15 is 0 Å². The number of hydrogen-bond donors (Lipinski definition) is 1. The van der Waals surface area contributed by atoms with Crippen molar-refractivity contribution in [1.82, 2.24) is 5.32 Å².